The first-order valence-corrected chi connectivity index (χ1v) is 13.2. The zero-order chi connectivity index (χ0) is 23.5. The van der Waals surface area contributed by atoms with Gasteiger partial charge in [-0.2, -0.15) is 0 Å². The van der Waals surface area contributed by atoms with Crippen LogP contribution < -0.4 is 4.90 Å². The predicted octanol–water partition coefficient (Wildman–Crippen LogP) is 4.79. The van der Waals surface area contributed by atoms with Gasteiger partial charge in [-0.3, -0.25) is 9.69 Å². The lowest BCUT2D eigenvalue weighted by Gasteiger charge is -2.21. The van der Waals surface area contributed by atoms with E-state index in [0.717, 1.165) is 39.9 Å². The van der Waals surface area contributed by atoms with Crippen molar-refractivity contribution < 1.29 is 13.2 Å². The minimum Gasteiger partial charge on any atom is -0.309 e. The fraction of sp³-hybridized carbons (Fsp3) is 0.417. The molecular formula is C24H32ClN3O3S2. The van der Waals surface area contributed by atoms with E-state index in [1.807, 2.05) is 40.9 Å². The summed E-state index contributed by atoms with van der Waals surface area (Å²) in [5.41, 5.74) is 4.13. The third-order valence-corrected chi connectivity index (χ3v) is 8.25. The topological polar surface area (TPSA) is 70.6 Å². The lowest BCUT2D eigenvalue weighted by molar-refractivity contribution is -0.118. The van der Waals surface area contributed by atoms with Gasteiger partial charge in [0.2, 0.25) is 5.91 Å². The number of amides is 1. The van der Waals surface area contributed by atoms with Crippen LogP contribution in [-0.2, 0) is 14.6 Å². The number of hydrogen-bond acceptors (Lipinski definition) is 6. The van der Waals surface area contributed by atoms with Crippen molar-refractivity contribution >= 4 is 54.8 Å². The number of aryl methyl sites for hydroxylation is 3. The normalized spacial score (nSPS) is 11.6. The summed E-state index contributed by atoms with van der Waals surface area (Å²) in [6.07, 6.45) is 0.698. The molecule has 9 heteroatoms. The average Bonchev–Trinajstić information content (AvgIpc) is 3.13. The van der Waals surface area contributed by atoms with E-state index < -0.39 is 9.84 Å². The Morgan fingerprint density at radius 1 is 1.00 bits per heavy atom. The summed E-state index contributed by atoms with van der Waals surface area (Å²) in [6.45, 7) is 7.31. The lowest BCUT2D eigenvalue weighted by atomic mass is 10.1. The van der Waals surface area contributed by atoms with Crippen LogP contribution in [0, 0.1) is 20.8 Å². The summed E-state index contributed by atoms with van der Waals surface area (Å²) in [7, 11) is 0.449. The standard InChI is InChI=1S/C24H31N3O3S2.ClH/c1-17-7-9-20(10-8-17)32(29,30)14-11-22(28)27(13-6-12-26(4)5)24-25-21-16-18(2)15-19(3)23(21)31-24;/h7-10,15-16H,6,11-14H2,1-5H3;1H. The molecule has 2 aromatic carbocycles. The van der Waals surface area contributed by atoms with Crippen LogP contribution in [0.4, 0.5) is 5.13 Å². The van der Waals surface area contributed by atoms with Crippen molar-refractivity contribution in [3.63, 3.8) is 0 Å². The number of rotatable bonds is 9. The second-order valence-corrected chi connectivity index (χ2v) is 11.6. The maximum Gasteiger partial charge on any atom is 0.229 e. The Morgan fingerprint density at radius 3 is 2.30 bits per heavy atom. The molecule has 0 bridgehead atoms. The highest BCUT2D eigenvalue weighted by Gasteiger charge is 2.23. The number of hydrogen-bond donors (Lipinski definition) is 0. The largest absolute Gasteiger partial charge is 0.309 e. The SMILES string of the molecule is Cc1ccc(S(=O)(=O)CCC(=O)N(CCCN(C)C)c2nc3cc(C)cc(C)c3s2)cc1.Cl. The Balaban J connectivity index is 0.00000385. The van der Waals surface area contributed by atoms with Gasteiger partial charge in [0, 0.05) is 13.0 Å². The smallest absolute Gasteiger partial charge is 0.229 e. The summed E-state index contributed by atoms with van der Waals surface area (Å²) in [5, 5.41) is 0.630. The molecule has 1 aromatic heterocycles. The van der Waals surface area contributed by atoms with Crippen molar-refractivity contribution in [2.24, 2.45) is 0 Å². The third-order valence-electron chi connectivity index (χ3n) is 5.29. The monoisotopic (exact) mass is 509 g/mol. The van der Waals surface area contributed by atoms with Crippen molar-refractivity contribution in [1.29, 1.82) is 0 Å². The first-order chi connectivity index (χ1) is 15.1. The summed E-state index contributed by atoms with van der Waals surface area (Å²) in [6, 6.07) is 10.9. The molecule has 3 aromatic rings. The highest BCUT2D eigenvalue weighted by Crippen LogP contribution is 2.32. The zero-order valence-corrected chi connectivity index (χ0v) is 22.2. The molecule has 0 fully saturated rings. The first-order valence-electron chi connectivity index (χ1n) is 10.7. The van der Waals surface area contributed by atoms with Crippen molar-refractivity contribution in [2.45, 2.75) is 38.5 Å². The molecule has 1 heterocycles. The van der Waals surface area contributed by atoms with Gasteiger partial charge >= 0.3 is 0 Å². The molecule has 6 nitrogen and oxygen atoms in total. The molecule has 1 amide bonds. The highest BCUT2D eigenvalue weighted by molar-refractivity contribution is 7.91. The quantitative estimate of drug-likeness (QED) is 0.414. The summed E-state index contributed by atoms with van der Waals surface area (Å²) >= 11 is 1.49. The number of benzene rings is 2. The summed E-state index contributed by atoms with van der Waals surface area (Å²) < 4.78 is 26.5. The van der Waals surface area contributed by atoms with Crippen molar-refractivity contribution in [1.82, 2.24) is 9.88 Å². The van der Waals surface area contributed by atoms with E-state index in [1.54, 1.807) is 29.2 Å². The zero-order valence-electron chi connectivity index (χ0n) is 19.8. The highest BCUT2D eigenvalue weighted by atomic mass is 35.5. The molecule has 0 spiro atoms. The van der Waals surface area contributed by atoms with Crippen LogP contribution >= 0.6 is 23.7 Å². The van der Waals surface area contributed by atoms with E-state index in [2.05, 4.69) is 11.0 Å². The van der Waals surface area contributed by atoms with Crippen LogP contribution in [0.1, 0.15) is 29.5 Å². The van der Waals surface area contributed by atoms with Crippen LogP contribution in [0.3, 0.4) is 0 Å². The maximum absolute atomic E-state index is 13.2. The minimum atomic E-state index is -3.53. The molecular weight excluding hydrogens is 478 g/mol. The molecule has 3 rings (SSSR count). The van der Waals surface area contributed by atoms with Crippen molar-refractivity contribution in [3.05, 3.63) is 53.1 Å². The van der Waals surface area contributed by atoms with Crippen LogP contribution in [0.25, 0.3) is 10.2 Å². The van der Waals surface area contributed by atoms with Gasteiger partial charge in [-0.1, -0.05) is 35.1 Å². The molecule has 0 unspecified atom stereocenters. The van der Waals surface area contributed by atoms with Crippen molar-refractivity contribution in [2.75, 3.05) is 37.8 Å². The van der Waals surface area contributed by atoms with E-state index in [1.165, 1.54) is 11.3 Å². The van der Waals surface area contributed by atoms with Gasteiger partial charge in [0.25, 0.3) is 0 Å². The minimum absolute atomic E-state index is 0. The number of fused-ring (bicyclic) bond motifs is 1. The van der Waals surface area contributed by atoms with Crippen molar-refractivity contribution in [3.8, 4) is 0 Å². The Morgan fingerprint density at radius 2 is 1.67 bits per heavy atom. The molecule has 0 atom stereocenters. The summed E-state index contributed by atoms with van der Waals surface area (Å²) in [5.74, 6) is -0.435. The van der Waals surface area contributed by atoms with Crippen LogP contribution in [0.15, 0.2) is 41.3 Å². The Kier molecular flexibility index (Phi) is 9.43. The second-order valence-electron chi connectivity index (χ2n) is 8.51. The molecule has 0 aliphatic rings. The van der Waals surface area contributed by atoms with Crippen LogP contribution in [0.5, 0.6) is 0 Å². The Labute approximate surface area is 207 Å². The Bertz CT molecular complexity index is 1210. The first kappa shape index (κ1) is 27.2. The molecule has 0 N–H and O–H groups in total. The Hall–Kier alpha value is -2.00. The van der Waals surface area contributed by atoms with Gasteiger partial charge in [-0.05, 0) is 77.2 Å². The lowest BCUT2D eigenvalue weighted by Crippen LogP contribution is -2.34. The van der Waals surface area contributed by atoms with Crippen LogP contribution in [-0.4, -0.2) is 57.1 Å². The number of aromatic nitrogens is 1. The van der Waals surface area contributed by atoms with E-state index >= 15 is 0 Å². The molecule has 0 aliphatic heterocycles. The van der Waals surface area contributed by atoms with E-state index in [4.69, 9.17) is 4.98 Å². The number of halogens is 1. The van der Waals surface area contributed by atoms with Gasteiger partial charge < -0.3 is 4.90 Å². The fourth-order valence-corrected chi connectivity index (χ4v) is 5.86. The molecule has 0 saturated heterocycles. The molecule has 0 radical (unpaired) electrons. The number of nitrogens with zero attached hydrogens (tertiary/aromatic N) is 3. The van der Waals surface area contributed by atoms with Gasteiger partial charge in [0.1, 0.15) is 0 Å². The fourth-order valence-electron chi connectivity index (χ4n) is 3.57. The molecule has 180 valence electrons. The number of sulfone groups is 1. The number of anilines is 1. The predicted molar refractivity (Wildman–Crippen MR) is 140 cm³/mol. The number of thiazole rings is 1. The molecule has 0 saturated carbocycles. The van der Waals surface area contributed by atoms with Gasteiger partial charge in [-0.25, -0.2) is 13.4 Å². The summed E-state index contributed by atoms with van der Waals surface area (Å²) in [4.78, 5) is 21.9. The maximum atomic E-state index is 13.2. The number of carbonyl (C=O) groups excluding carboxylic acids is 1. The van der Waals surface area contributed by atoms with E-state index in [-0.39, 0.29) is 35.4 Å². The second kappa shape index (κ2) is 11.4. The van der Waals surface area contributed by atoms with E-state index in [0.29, 0.717) is 11.7 Å². The van der Waals surface area contributed by atoms with Gasteiger partial charge in [0.15, 0.2) is 15.0 Å². The average molecular weight is 510 g/mol. The third kappa shape index (κ3) is 6.99. The molecule has 0 aliphatic carbocycles. The van der Waals surface area contributed by atoms with E-state index in [9.17, 15) is 13.2 Å². The molecule has 33 heavy (non-hydrogen) atoms. The van der Waals surface area contributed by atoms with Crippen LogP contribution in [0.2, 0.25) is 0 Å². The van der Waals surface area contributed by atoms with Gasteiger partial charge in [0.05, 0.1) is 20.9 Å². The number of carbonyl (C=O) groups is 1. The van der Waals surface area contributed by atoms with Gasteiger partial charge in [-0.15, -0.1) is 12.4 Å².